The topological polar surface area (TPSA) is 127 Å². The highest BCUT2D eigenvalue weighted by molar-refractivity contribution is 5.90. The maximum atomic E-state index is 12.5. The minimum absolute atomic E-state index is 0.0225. The predicted octanol–water partition coefficient (Wildman–Crippen LogP) is 5.38. The minimum Gasteiger partial charge on any atom is -0.493 e. The molecule has 2 heterocycles. The van der Waals surface area contributed by atoms with Gasteiger partial charge in [0, 0.05) is 50.1 Å². The molecule has 0 bridgehead atoms. The highest BCUT2D eigenvalue weighted by Gasteiger charge is 2.34. The number of aliphatic carboxylic acids is 1. The summed E-state index contributed by atoms with van der Waals surface area (Å²) in [6.07, 6.45) is 1.82. The Morgan fingerprint density at radius 2 is 1.67 bits per heavy atom. The lowest BCUT2D eigenvalue weighted by Crippen LogP contribution is -2.41. The number of hydrogen-bond acceptors (Lipinski definition) is 8. The molecule has 10 heteroatoms. The number of methoxy groups -OCH3 is 2. The average Bonchev–Trinajstić information content (AvgIpc) is 3.06. The van der Waals surface area contributed by atoms with Crippen LogP contribution in [0.3, 0.4) is 0 Å². The summed E-state index contributed by atoms with van der Waals surface area (Å²) >= 11 is 0. The second kappa shape index (κ2) is 15.4. The molecule has 1 amide bonds. The first-order valence-corrected chi connectivity index (χ1v) is 15.4. The number of rotatable bonds is 13. The molecule has 0 spiro atoms. The van der Waals surface area contributed by atoms with Crippen LogP contribution in [0.15, 0.2) is 60.7 Å². The first-order valence-electron chi connectivity index (χ1n) is 15.4. The number of hydrogen-bond donors (Lipinski definition) is 3. The maximum absolute atomic E-state index is 12.5. The summed E-state index contributed by atoms with van der Waals surface area (Å²) in [5.41, 5.74) is 5.75. The fourth-order valence-electron chi connectivity index (χ4n) is 5.97. The van der Waals surface area contributed by atoms with Gasteiger partial charge in [0.2, 0.25) is 5.91 Å². The second-order valence-electron chi connectivity index (χ2n) is 11.6. The van der Waals surface area contributed by atoms with Crippen molar-refractivity contribution in [2.24, 2.45) is 0 Å². The summed E-state index contributed by atoms with van der Waals surface area (Å²) in [5, 5.41) is 21.3. The van der Waals surface area contributed by atoms with Gasteiger partial charge >= 0.3 is 5.97 Å². The molecule has 3 N–H and O–H groups in total. The number of carbonyl (C=O) groups is 2. The molecule has 3 aromatic carbocycles. The third-order valence-corrected chi connectivity index (χ3v) is 8.36. The number of benzene rings is 3. The number of ether oxygens (including phenoxy) is 4. The molecule has 10 nitrogen and oxygen atoms in total. The fourth-order valence-corrected chi connectivity index (χ4v) is 5.97. The molecule has 1 saturated heterocycles. The van der Waals surface area contributed by atoms with Crippen molar-refractivity contribution in [1.29, 1.82) is 0 Å². The van der Waals surface area contributed by atoms with Crippen molar-refractivity contribution in [2.45, 2.75) is 70.2 Å². The summed E-state index contributed by atoms with van der Waals surface area (Å²) < 4.78 is 24.2. The van der Waals surface area contributed by atoms with Crippen LogP contribution < -0.4 is 14.8 Å². The van der Waals surface area contributed by atoms with Crippen LogP contribution in [-0.4, -0.2) is 60.4 Å². The van der Waals surface area contributed by atoms with Crippen LogP contribution in [0.4, 0.5) is 5.69 Å². The van der Waals surface area contributed by atoms with Crippen molar-refractivity contribution >= 4 is 17.6 Å². The van der Waals surface area contributed by atoms with Gasteiger partial charge in [-0.25, -0.2) is 0 Å². The van der Waals surface area contributed by atoms with Crippen molar-refractivity contribution in [3.63, 3.8) is 0 Å². The second-order valence-corrected chi connectivity index (χ2v) is 11.6. The Bertz CT molecular complexity index is 1460. The van der Waals surface area contributed by atoms with Gasteiger partial charge in [0.1, 0.15) is 0 Å². The van der Waals surface area contributed by atoms with E-state index in [9.17, 15) is 14.7 Å². The maximum Gasteiger partial charge on any atom is 0.303 e. The summed E-state index contributed by atoms with van der Waals surface area (Å²) in [6, 6.07) is 19.4. The zero-order chi connectivity index (χ0) is 31.8. The zero-order valence-corrected chi connectivity index (χ0v) is 25.9. The first-order chi connectivity index (χ1) is 21.8. The van der Waals surface area contributed by atoms with E-state index in [1.54, 1.807) is 14.2 Å². The lowest BCUT2D eigenvalue weighted by Gasteiger charge is -2.39. The van der Waals surface area contributed by atoms with Crippen LogP contribution in [0.5, 0.6) is 11.5 Å². The van der Waals surface area contributed by atoms with E-state index in [-0.39, 0.29) is 37.6 Å². The van der Waals surface area contributed by atoms with E-state index in [0.29, 0.717) is 31.5 Å². The Balaban J connectivity index is 1.30. The van der Waals surface area contributed by atoms with Crippen molar-refractivity contribution in [2.75, 3.05) is 32.6 Å². The Labute approximate surface area is 263 Å². The number of carboxylic acids is 1. The lowest BCUT2D eigenvalue weighted by molar-refractivity contribution is -0.253. The Hall–Kier alpha value is -3.96. The van der Waals surface area contributed by atoms with Gasteiger partial charge in [0.05, 0.1) is 33.0 Å². The molecule has 2 aliphatic rings. The van der Waals surface area contributed by atoms with Gasteiger partial charge in [-0.1, -0.05) is 36.4 Å². The number of nitrogens with one attached hydrogen (secondary N) is 1. The number of aliphatic hydroxyl groups is 1. The van der Waals surface area contributed by atoms with E-state index in [2.05, 4.69) is 22.3 Å². The number of anilines is 1. The quantitative estimate of drug-likeness (QED) is 0.216. The molecule has 2 aliphatic heterocycles. The molecule has 240 valence electrons. The molecule has 0 saturated carbocycles. The molecular formula is C35H42N2O8. The lowest BCUT2D eigenvalue weighted by atomic mass is 9.97. The number of amides is 1. The van der Waals surface area contributed by atoms with Crippen LogP contribution in [0, 0.1) is 0 Å². The molecule has 5 rings (SSSR count). The molecule has 0 aliphatic carbocycles. The standard InChI is InChI=1S/C35H42N2O8/c1-42-31-17-25-14-15-37(20-27(25)18-32(31)43-2)21-29-19-30(24-12-10-23(22-38)11-13-24)45-35(44-29)26-6-5-7-28(16-26)36-33(39)8-3-4-9-34(40)41/h5-7,10-13,16-18,29-30,35,38H,3-4,8-9,14-15,19-22H2,1-2H3,(H,36,39)(H,40,41)/t29-,30+,35+/m0/s1. The number of nitrogens with zero attached hydrogens (tertiary/aromatic N) is 1. The summed E-state index contributed by atoms with van der Waals surface area (Å²) in [4.78, 5) is 25.7. The SMILES string of the molecule is COc1cc2c(cc1OC)CN(C[C@@H]1C[C@H](c3ccc(CO)cc3)O[C@H](c3cccc(NC(=O)CCCCC(=O)O)c3)O1)CC2. The van der Waals surface area contributed by atoms with Crippen molar-refractivity contribution in [3.05, 3.63) is 88.5 Å². The minimum atomic E-state index is -0.859. The van der Waals surface area contributed by atoms with E-state index in [0.717, 1.165) is 47.7 Å². The summed E-state index contributed by atoms with van der Waals surface area (Å²) in [7, 11) is 3.30. The van der Waals surface area contributed by atoms with Crippen molar-refractivity contribution in [3.8, 4) is 11.5 Å². The van der Waals surface area contributed by atoms with E-state index in [1.165, 1.54) is 11.1 Å². The molecule has 0 radical (unpaired) electrons. The largest absolute Gasteiger partial charge is 0.493 e. The summed E-state index contributed by atoms with van der Waals surface area (Å²) in [5.74, 6) is 0.441. The molecule has 45 heavy (non-hydrogen) atoms. The fraction of sp³-hybridized carbons (Fsp3) is 0.429. The van der Waals surface area contributed by atoms with Gasteiger partial charge in [-0.15, -0.1) is 0 Å². The molecule has 0 aromatic heterocycles. The molecule has 3 aromatic rings. The highest BCUT2D eigenvalue weighted by atomic mass is 16.7. The zero-order valence-electron chi connectivity index (χ0n) is 25.9. The van der Waals surface area contributed by atoms with Crippen LogP contribution in [0.25, 0.3) is 0 Å². The normalized spacial score (nSPS) is 19.8. The first kappa shape index (κ1) is 32.4. The molecular weight excluding hydrogens is 576 g/mol. The van der Waals surface area contributed by atoms with Crippen LogP contribution >= 0.6 is 0 Å². The van der Waals surface area contributed by atoms with Gasteiger partial charge in [0.25, 0.3) is 0 Å². The Morgan fingerprint density at radius 3 is 2.38 bits per heavy atom. The Kier molecular flexibility index (Phi) is 11.1. The van der Waals surface area contributed by atoms with E-state index < -0.39 is 12.3 Å². The number of carbonyl (C=O) groups excluding carboxylic acids is 1. The number of aliphatic hydroxyl groups excluding tert-OH is 1. The third-order valence-electron chi connectivity index (χ3n) is 8.36. The van der Waals surface area contributed by atoms with Crippen molar-refractivity contribution < 1.29 is 38.7 Å². The van der Waals surface area contributed by atoms with Gasteiger partial charge < -0.3 is 34.5 Å². The monoisotopic (exact) mass is 618 g/mol. The third kappa shape index (κ3) is 8.61. The van der Waals surface area contributed by atoms with Gasteiger partial charge in [-0.2, -0.15) is 0 Å². The highest BCUT2D eigenvalue weighted by Crippen LogP contribution is 2.39. The Morgan fingerprint density at radius 1 is 0.933 bits per heavy atom. The number of unbranched alkanes of at least 4 members (excludes halogenated alkanes) is 1. The smallest absolute Gasteiger partial charge is 0.303 e. The number of fused-ring (bicyclic) bond motifs is 1. The molecule has 0 unspecified atom stereocenters. The van der Waals surface area contributed by atoms with Crippen molar-refractivity contribution in [1.82, 2.24) is 4.90 Å². The van der Waals surface area contributed by atoms with Gasteiger partial charge in [-0.3, -0.25) is 14.5 Å². The van der Waals surface area contributed by atoms with E-state index >= 15 is 0 Å². The molecule has 1 fully saturated rings. The average molecular weight is 619 g/mol. The molecule has 3 atom stereocenters. The van der Waals surface area contributed by atoms with Gasteiger partial charge in [0.15, 0.2) is 17.8 Å². The van der Waals surface area contributed by atoms with Crippen LogP contribution in [0.1, 0.15) is 72.3 Å². The van der Waals surface area contributed by atoms with Crippen LogP contribution in [0.2, 0.25) is 0 Å². The van der Waals surface area contributed by atoms with E-state index in [4.69, 9.17) is 24.1 Å². The van der Waals surface area contributed by atoms with Crippen LogP contribution in [-0.2, 0) is 38.6 Å². The van der Waals surface area contributed by atoms with E-state index in [1.807, 2.05) is 48.5 Å². The predicted molar refractivity (Wildman–Crippen MR) is 168 cm³/mol. The number of carboxylic acid groups (broad SMARTS) is 1. The van der Waals surface area contributed by atoms with Gasteiger partial charge in [-0.05, 0) is 65.8 Å². The summed E-state index contributed by atoms with van der Waals surface area (Å²) in [6.45, 7) is 2.35.